The molecule has 3 aromatic rings. The lowest BCUT2D eigenvalue weighted by Crippen LogP contribution is -2.48. The van der Waals surface area contributed by atoms with Crippen LogP contribution in [0.2, 0.25) is 0 Å². The van der Waals surface area contributed by atoms with Gasteiger partial charge in [0.2, 0.25) is 10.0 Å². The van der Waals surface area contributed by atoms with Crippen molar-refractivity contribution in [2.24, 2.45) is 5.73 Å². The fraction of sp³-hybridized carbons (Fsp3) is 0.280. The van der Waals surface area contributed by atoms with Crippen molar-refractivity contribution in [3.63, 3.8) is 0 Å². The zero-order valence-electron chi connectivity index (χ0n) is 21.3. The molecular weight excluding hydrogens is 564 g/mol. The minimum absolute atomic E-state index is 0. The summed E-state index contributed by atoms with van der Waals surface area (Å²) in [5.74, 6) is -1.80. The number of sulfonamides is 1. The number of halogens is 1. The Morgan fingerprint density at radius 3 is 2.45 bits per heavy atom. The molecule has 0 radical (unpaired) electrons. The molecule has 0 saturated carbocycles. The minimum atomic E-state index is -4.14. The van der Waals surface area contributed by atoms with E-state index in [9.17, 15) is 27.9 Å². The smallest absolute Gasteiger partial charge is 0.323 e. The highest BCUT2D eigenvalue weighted by atomic mass is 35.5. The molecule has 13 nitrogen and oxygen atoms in total. The summed E-state index contributed by atoms with van der Waals surface area (Å²) < 4.78 is 34.1. The standard InChI is InChI=1S/C25H30N6O7S.ClH/c26-25(27)28-10-5-2-6-12-38-19-9-11-31-18(15-19)13-17(14-22(31)32)23(33)29-16-21(24(34)35)30-39(36,37)20-7-3-1-4-8-20;/h1,3-4,7-9,11,13-15,21,30H,2,5-6,10,12,16H2,(H,29,33)(H,34,35)(H4,26,27,28);1H/t21-;/m0./s1. The van der Waals surface area contributed by atoms with Crippen molar-refractivity contribution < 1.29 is 27.9 Å². The van der Waals surface area contributed by atoms with Crippen molar-refractivity contribution in [3.8, 4) is 5.75 Å². The van der Waals surface area contributed by atoms with Gasteiger partial charge in [0.1, 0.15) is 11.8 Å². The van der Waals surface area contributed by atoms with Crippen LogP contribution in [0.4, 0.5) is 0 Å². The Bertz CT molecular complexity index is 1500. The van der Waals surface area contributed by atoms with Crippen LogP contribution in [0.25, 0.3) is 5.52 Å². The molecule has 0 aliphatic carbocycles. The molecule has 7 N–H and O–H groups in total. The Morgan fingerprint density at radius 2 is 1.77 bits per heavy atom. The number of aliphatic carboxylic acids is 1. The fourth-order valence-electron chi connectivity index (χ4n) is 3.58. The number of fused-ring (bicyclic) bond motifs is 1. The predicted molar refractivity (Wildman–Crippen MR) is 151 cm³/mol. The fourth-order valence-corrected chi connectivity index (χ4v) is 4.79. The molecule has 15 heteroatoms. The van der Waals surface area contributed by atoms with Crippen molar-refractivity contribution in [1.29, 1.82) is 5.41 Å². The molecule has 0 spiro atoms. The lowest BCUT2D eigenvalue weighted by Gasteiger charge is -2.16. The molecule has 0 unspecified atom stereocenters. The number of carboxylic acid groups (broad SMARTS) is 1. The van der Waals surface area contributed by atoms with Gasteiger partial charge in [-0.15, -0.1) is 12.4 Å². The number of amides is 1. The van der Waals surface area contributed by atoms with E-state index < -0.39 is 40.0 Å². The first-order valence-corrected chi connectivity index (χ1v) is 13.5. The highest BCUT2D eigenvalue weighted by Gasteiger charge is 2.26. The van der Waals surface area contributed by atoms with Crippen LogP contribution in [-0.2, 0) is 14.8 Å². The number of rotatable bonds is 14. The zero-order chi connectivity index (χ0) is 28.4. The summed E-state index contributed by atoms with van der Waals surface area (Å²) in [5, 5.41) is 21.7. The maximum Gasteiger partial charge on any atom is 0.323 e. The normalized spacial score (nSPS) is 11.7. The lowest BCUT2D eigenvalue weighted by molar-refractivity contribution is -0.138. The largest absolute Gasteiger partial charge is 0.493 e. The molecule has 2 heterocycles. The molecule has 1 atom stereocenters. The van der Waals surface area contributed by atoms with E-state index in [2.05, 4.69) is 15.4 Å². The Hall–Kier alpha value is -4.14. The first kappa shape index (κ1) is 32.1. The quantitative estimate of drug-likeness (QED) is 0.0890. The van der Waals surface area contributed by atoms with Crippen molar-refractivity contribution in [2.75, 3.05) is 19.7 Å². The van der Waals surface area contributed by atoms with Crippen LogP contribution in [0.5, 0.6) is 5.75 Å². The number of unbranched alkanes of at least 4 members (excludes halogenated alkanes) is 2. The summed E-state index contributed by atoms with van der Waals surface area (Å²) in [4.78, 5) is 36.8. The van der Waals surface area contributed by atoms with Crippen LogP contribution >= 0.6 is 12.4 Å². The van der Waals surface area contributed by atoms with Crippen molar-refractivity contribution >= 4 is 45.8 Å². The van der Waals surface area contributed by atoms with E-state index in [1.807, 2.05) is 0 Å². The van der Waals surface area contributed by atoms with E-state index in [1.54, 1.807) is 18.2 Å². The van der Waals surface area contributed by atoms with Crippen molar-refractivity contribution in [1.82, 2.24) is 19.8 Å². The van der Waals surface area contributed by atoms with Crippen LogP contribution in [-0.4, -0.2) is 61.5 Å². The van der Waals surface area contributed by atoms with Crippen LogP contribution < -0.4 is 31.4 Å². The number of ether oxygens (including phenoxy) is 1. The molecule has 216 valence electrons. The van der Waals surface area contributed by atoms with Gasteiger partial charge in [-0.25, -0.2) is 8.42 Å². The molecule has 0 aliphatic heterocycles. The Kier molecular flexibility index (Phi) is 11.9. The molecule has 40 heavy (non-hydrogen) atoms. The minimum Gasteiger partial charge on any atom is -0.493 e. The molecule has 0 fully saturated rings. The summed E-state index contributed by atoms with van der Waals surface area (Å²) in [6, 6.07) is 11.4. The number of pyridine rings is 2. The van der Waals surface area contributed by atoms with E-state index in [1.165, 1.54) is 40.9 Å². The van der Waals surface area contributed by atoms with E-state index in [0.29, 0.717) is 24.4 Å². The van der Waals surface area contributed by atoms with Gasteiger partial charge in [0.05, 0.1) is 17.0 Å². The summed E-state index contributed by atoms with van der Waals surface area (Å²) in [6.45, 7) is 0.478. The van der Waals surface area contributed by atoms with Crippen molar-refractivity contribution in [2.45, 2.75) is 30.2 Å². The van der Waals surface area contributed by atoms with Crippen LogP contribution in [0.15, 0.2) is 70.5 Å². The number of carbonyl (C=O) groups excluding carboxylic acids is 1. The van der Waals surface area contributed by atoms with E-state index in [0.717, 1.165) is 25.3 Å². The van der Waals surface area contributed by atoms with Crippen LogP contribution in [0.3, 0.4) is 0 Å². The average Bonchev–Trinajstić information content (AvgIpc) is 2.90. The number of nitrogens with zero attached hydrogens (tertiary/aromatic N) is 1. The second-order valence-corrected chi connectivity index (χ2v) is 10.2. The highest BCUT2D eigenvalue weighted by molar-refractivity contribution is 7.89. The van der Waals surface area contributed by atoms with Gasteiger partial charge in [-0.1, -0.05) is 18.2 Å². The zero-order valence-corrected chi connectivity index (χ0v) is 23.0. The summed E-state index contributed by atoms with van der Waals surface area (Å²) in [7, 11) is -4.14. The average molecular weight is 595 g/mol. The second kappa shape index (κ2) is 14.9. The van der Waals surface area contributed by atoms with E-state index in [-0.39, 0.29) is 28.8 Å². The lowest BCUT2D eigenvalue weighted by atomic mass is 10.2. The molecule has 0 aliphatic rings. The maximum atomic E-state index is 12.7. The Labute approximate surface area is 236 Å². The van der Waals surface area contributed by atoms with Crippen LogP contribution in [0.1, 0.15) is 29.6 Å². The number of aromatic nitrogens is 1. The topological polar surface area (TPSA) is 205 Å². The molecule has 0 saturated heterocycles. The molecule has 2 aromatic heterocycles. The first-order valence-electron chi connectivity index (χ1n) is 12.0. The van der Waals surface area contributed by atoms with E-state index >= 15 is 0 Å². The number of carbonyl (C=O) groups is 2. The maximum absolute atomic E-state index is 12.7. The summed E-state index contributed by atoms with van der Waals surface area (Å²) >= 11 is 0. The Balaban J connectivity index is 0.00000560. The number of benzene rings is 1. The van der Waals surface area contributed by atoms with Gasteiger partial charge < -0.3 is 26.2 Å². The number of hydrogen-bond acceptors (Lipinski definition) is 7. The van der Waals surface area contributed by atoms with Gasteiger partial charge in [0.15, 0.2) is 5.96 Å². The highest BCUT2D eigenvalue weighted by Crippen LogP contribution is 2.15. The molecule has 3 rings (SSSR count). The first-order chi connectivity index (χ1) is 18.6. The number of nitrogens with two attached hydrogens (primary N) is 1. The SMILES string of the molecule is Cl.N=C(N)NCCCCCOc1ccn2c(=O)cc(C(=O)NC[C@H](NS(=O)(=O)c3ccccc3)C(=O)O)cc2c1. The van der Waals surface area contributed by atoms with Crippen LogP contribution in [0, 0.1) is 5.41 Å². The number of guanidine groups is 1. The summed E-state index contributed by atoms with van der Waals surface area (Å²) in [6.07, 6.45) is 3.96. The third-order valence-electron chi connectivity index (χ3n) is 5.56. The van der Waals surface area contributed by atoms with Gasteiger partial charge in [-0.3, -0.25) is 24.2 Å². The van der Waals surface area contributed by atoms with Gasteiger partial charge in [0, 0.05) is 37.0 Å². The third-order valence-corrected chi connectivity index (χ3v) is 7.05. The molecule has 1 aromatic carbocycles. The molecule has 0 bridgehead atoms. The van der Waals surface area contributed by atoms with Gasteiger partial charge in [0.25, 0.3) is 11.5 Å². The number of hydrogen-bond donors (Lipinski definition) is 6. The van der Waals surface area contributed by atoms with Gasteiger partial charge in [-0.05, 0) is 43.5 Å². The second-order valence-electron chi connectivity index (χ2n) is 8.52. The Morgan fingerprint density at radius 1 is 1.05 bits per heavy atom. The summed E-state index contributed by atoms with van der Waals surface area (Å²) in [5.41, 5.74) is 5.11. The number of nitrogens with one attached hydrogen (secondary N) is 4. The van der Waals surface area contributed by atoms with Gasteiger partial charge >= 0.3 is 5.97 Å². The number of carboxylic acids is 1. The predicted octanol–water partition coefficient (Wildman–Crippen LogP) is 0.915. The monoisotopic (exact) mass is 594 g/mol. The van der Waals surface area contributed by atoms with E-state index in [4.69, 9.17) is 15.9 Å². The van der Waals surface area contributed by atoms with Crippen molar-refractivity contribution in [3.05, 3.63) is 76.7 Å². The third kappa shape index (κ3) is 9.25. The van der Waals surface area contributed by atoms with Gasteiger partial charge in [-0.2, -0.15) is 4.72 Å². The molecular formula is C25H31ClN6O7S. The molecule has 1 amide bonds.